The number of rotatable bonds is 6. The lowest BCUT2D eigenvalue weighted by atomic mass is 9.97. The first-order valence-corrected chi connectivity index (χ1v) is 11.1. The maximum atomic E-state index is 12.9. The van der Waals surface area contributed by atoms with E-state index in [-0.39, 0.29) is 36.6 Å². The monoisotopic (exact) mass is 451 g/mol. The number of carbonyl (C=O) groups is 3. The SMILES string of the molecule is COc1ccc(C)cc1N1CC(C(=O)Nc2ccc(N3CCCC(C(N)=O)C3)nc2)CC1=O. The largest absolute Gasteiger partial charge is 0.495 e. The highest BCUT2D eigenvalue weighted by Gasteiger charge is 2.36. The van der Waals surface area contributed by atoms with Gasteiger partial charge in [-0.3, -0.25) is 14.4 Å². The number of nitrogens with one attached hydrogen (secondary N) is 1. The summed E-state index contributed by atoms with van der Waals surface area (Å²) >= 11 is 0. The Kier molecular flexibility index (Phi) is 6.48. The summed E-state index contributed by atoms with van der Waals surface area (Å²) in [6.07, 6.45) is 3.41. The molecule has 0 saturated carbocycles. The van der Waals surface area contributed by atoms with Gasteiger partial charge in [-0.1, -0.05) is 6.07 Å². The van der Waals surface area contributed by atoms with Crippen molar-refractivity contribution in [3.8, 4) is 5.75 Å². The molecule has 1 aromatic carbocycles. The third-order valence-corrected chi connectivity index (χ3v) is 6.28. The van der Waals surface area contributed by atoms with Gasteiger partial charge in [0.15, 0.2) is 0 Å². The normalized spacial score (nSPS) is 20.6. The van der Waals surface area contributed by atoms with Crippen molar-refractivity contribution in [2.24, 2.45) is 17.6 Å². The van der Waals surface area contributed by atoms with Gasteiger partial charge in [0.1, 0.15) is 11.6 Å². The van der Waals surface area contributed by atoms with Crippen LogP contribution >= 0.6 is 0 Å². The maximum absolute atomic E-state index is 12.9. The molecule has 2 fully saturated rings. The Balaban J connectivity index is 1.39. The number of amides is 3. The third kappa shape index (κ3) is 4.92. The molecule has 1 aromatic heterocycles. The second kappa shape index (κ2) is 9.48. The molecule has 174 valence electrons. The average molecular weight is 452 g/mol. The number of hydrogen-bond acceptors (Lipinski definition) is 6. The molecule has 0 aliphatic carbocycles. The smallest absolute Gasteiger partial charge is 0.229 e. The molecule has 2 unspecified atom stereocenters. The van der Waals surface area contributed by atoms with Crippen LogP contribution in [0.2, 0.25) is 0 Å². The van der Waals surface area contributed by atoms with Gasteiger partial charge in [-0.2, -0.15) is 0 Å². The Morgan fingerprint density at radius 3 is 2.70 bits per heavy atom. The van der Waals surface area contributed by atoms with E-state index in [1.54, 1.807) is 24.3 Å². The van der Waals surface area contributed by atoms with E-state index >= 15 is 0 Å². The summed E-state index contributed by atoms with van der Waals surface area (Å²) in [6.45, 7) is 3.60. The fraction of sp³-hybridized carbons (Fsp3) is 0.417. The standard InChI is InChI=1S/C24H29N5O4/c1-15-5-7-20(33-2)19(10-15)29-14-17(11-22(29)30)24(32)27-18-6-8-21(26-12-18)28-9-3-4-16(13-28)23(25)31/h5-8,10,12,16-17H,3-4,9,11,13-14H2,1-2H3,(H2,25,31)(H,27,32). The first-order chi connectivity index (χ1) is 15.9. The van der Waals surface area contributed by atoms with Gasteiger partial charge >= 0.3 is 0 Å². The van der Waals surface area contributed by atoms with Crippen molar-refractivity contribution in [1.29, 1.82) is 0 Å². The van der Waals surface area contributed by atoms with Crippen LogP contribution in [0.5, 0.6) is 5.75 Å². The van der Waals surface area contributed by atoms with Crippen molar-refractivity contribution in [1.82, 2.24) is 4.98 Å². The third-order valence-electron chi connectivity index (χ3n) is 6.28. The number of aryl methyl sites for hydroxylation is 1. The van der Waals surface area contributed by atoms with Crippen LogP contribution in [0.3, 0.4) is 0 Å². The van der Waals surface area contributed by atoms with Crippen molar-refractivity contribution in [2.45, 2.75) is 26.2 Å². The quantitative estimate of drug-likeness (QED) is 0.694. The van der Waals surface area contributed by atoms with Crippen molar-refractivity contribution in [3.05, 3.63) is 42.1 Å². The number of primary amides is 1. The van der Waals surface area contributed by atoms with Gasteiger partial charge in [0.05, 0.1) is 36.5 Å². The van der Waals surface area contributed by atoms with Crippen LogP contribution in [0.25, 0.3) is 0 Å². The minimum absolute atomic E-state index is 0.110. The molecule has 3 amide bonds. The van der Waals surface area contributed by atoms with Crippen molar-refractivity contribution < 1.29 is 19.1 Å². The highest BCUT2D eigenvalue weighted by Crippen LogP contribution is 2.34. The highest BCUT2D eigenvalue weighted by atomic mass is 16.5. The molecule has 9 nitrogen and oxygen atoms in total. The fourth-order valence-corrected chi connectivity index (χ4v) is 4.44. The topological polar surface area (TPSA) is 118 Å². The molecule has 3 N–H and O–H groups in total. The average Bonchev–Trinajstić information content (AvgIpc) is 3.21. The fourth-order valence-electron chi connectivity index (χ4n) is 4.44. The molecule has 2 aliphatic rings. The van der Waals surface area contributed by atoms with Crippen LogP contribution in [-0.4, -0.2) is 49.4 Å². The van der Waals surface area contributed by atoms with Crippen molar-refractivity contribution >= 4 is 34.9 Å². The number of benzene rings is 1. The van der Waals surface area contributed by atoms with Gasteiger partial charge in [0, 0.05) is 26.1 Å². The summed E-state index contributed by atoms with van der Waals surface area (Å²) < 4.78 is 5.40. The van der Waals surface area contributed by atoms with E-state index in [2.05, 4.69) is 10.3 Å². The summed E-state index contributed by atoms with van der Waals surface area (Å²) in [5, 5.41) is 2.87. The van der Waals surface area contributed by atoms with Crippen LogP contribution in [0.15, 0.2) is 36.5 Å². The van der Waals surface area contributed by atoms with Gasteiger partial charge in [-0.15, -0.1) is 0 Å². The van der Waals surface area contributed by atoms with Crippen molar-refractivity contribution in [3.63, 3.8) is 0 Å². The van der Waals surface area contributed by atoms with Gasteiger partial charge in [-0.25, -0.2) is 4.98 Å². The van der Waals surface area contributed by atoms with E-state index in [4.69, 9.17) is 10.5 Å². The Bertz CT molecular complexity index is 1060. The minimum atomic E-state index is -0.471. The zero-order valence-electron chi connectivity index (χ0n) is 18.9. The lowest BCUT2D eigenvalue weighted by Crippen LogP contribution is -2.41. The zero-order valence-corrected chi connectivity index (χ0v) is 18.9. The van der Waals surface area contributed by atoms with Gasteiger partial charge in [-0.05, 0) is 49.6 Å². The lowest BCUT2D eigenvalue weighted by molar-refractivity contribution is -0.122. The van der Waals surface area contributed by atoms with E-state index in [1.165, 1.54) is 0 Å². The summed E-state index contributed by atoms with van der Waals surface area (Å²) in [5.41, 5.74) is 7.71. The van der Waals surface area contributed by atoms with E-state index < -0.39 is 5.92 Å². The molecule has 2 aromatic rings. The predicted octanol–water partition coefficient (Wildman–Crippen LogP) is 2.09. The minimum Gasteiger partial charge on any atom is -0.495 e. The molecule has 2 saturated heterocycles. The Labute approximate surface area is 192 Å². The number of ether oxygens (including phenoxy) is 1. The van der Waals surface area contributed by atoms with Crippen LogP contribution in [-0.2, 0) is 14.4 Å². The summed E-state index contributed by atoms with van der Waals surface area (Å²) in [5.74, 6) is 0.0850. The molecule has 4 rings (SSSR count). The van der Waals surface area contributed by atoms with Crippen molar-refractivity contribution in [2.75, 3.05) is 41.9 Å². The zero-order chi connectivity index (χ0) is 23.5. The first kappa shape index (κ1) is 22.6. The molecule has 33 heavy (non-hydrogen) atoms. The molecule has 0 bridgehead atoms. The Hall–Kier alpha value is -3.62. The Morgan fingerprint density at radius 1 is 1.18 bits per heavy atom. The second-order valence-corrected chi connectivity index (χ2v) is 8.66. The van der Waals surface area contributed by atoms with Crippen LogP contribution in [0.4, 0.5) is 17.2 Å². The van der Waals surface area contributed by atoms with Gasteiger partial charge in [0.2, 0.25) is 17.7 Å². The number of pyridine rings is 1. The number of piperidine rings is 1. The highest BCUT2D eigenvalue weighted by molar-refractivity contribution is 6.04. The summed E-state index contributed by atoms with van der Waals surface area (Å²) in [4.78, 5) is 45.1. The molecule has 3 heterocycles. The molecule has 9 heteroatoms. The number of anilines is 3. The second-order valence-electron chi connectivity index (χ2n) is 8.66. The molecule has 0 spiro atoms. The number of nitrogens with zero attached hydrogens (tertiary/aromatic N) is 3. The first-order valence-electron chi connectivity index (χ1n) is 11.1. The number of methoxy groups -OCH3 is 1. The summed E-state index contributed by atoms with van der Waals surface area (Å²) in [6, 6.07) is 9.24. The van der Waals surface area contributed by atoms with Crippen LogP contribution in [0, 0.1) is 18.8 Å². The van der Waals surface area contributed by atoms with Gasteiger partial charge in [0.25, 0.3) is 0 Å². The molecule has 0 radical (unpaired) electrons. The predicted molar refractivity (Wildman–Crippen MR) is 125 cm³/mol. The van der Waals surface area contributed by atoms with E-state index in [0.717, 1.165) is 30.8 Å². The number of carbonyl (C=O) groups excluding carboxylic acids is 3. The maximum Gasteiger partial charge on any atom is 0.229 e. The number of nitrogens with two attached hydrogens (primary N) is 1. The van der Waals surface area contributed by atoms with E-state index in [1.807, 2.05) is 36.1 Å². The Morgan fingerprint density at radius 2 is 2.00 bits per heavy atom. The lowest BCUT2D eigenvalue weighted by Gasteiger charge is -2.32. The molecule has 2 atom stereocenters. The van der Waals surface area contributed by atoms with Crippen LogP contribution in [0.1, 0.15) is 24.8 Å². The number of hydrogen-bond donors (Lipinski definition) is 2. The number of aromatic nitrogens is 1. The van der Waals surface area contributed by atoms with E-state index in [9.17, 15) is 14.4 Å². The van der Waals surface area contributed by atoms with Crippen LogP contribution < -0.4 is 25.6 Å². The van der Waals surface area contributed by atoms with E-state index in [0.29, 0.717) is 23.7 Å². The molecular weight excluding hydrogens is 422 g/mol. The van der Waals surface area contributed by atoms with Gasteiger partial charge < -0.3 is 25.6 Å². The molecular formula is C24H29N5O4. The molecule has 2 aliphatic heterocycles. The summed E-state index contributed by atoms with van der Waals surface area (Å²) in [7, 11) is 1.56.